The third-order valence-electron chi connectivity index (χ3n) is 7.09. The third kappa shape index (κ3) is 11.1. The molecule has 1 amide bonds. The maximum atomic E-state index is 12.4. The van der Waals surface area contributed by atoms with E-state index < -0.39 is 6.10 Å². The molecule has 0 aromatic heterocycles. The van der Waals surface area contributed by atoms with Gasteiger partial charge in [-0.2, -0.15) is 0 Å². The first-order valence-corrected chi connectivity index (χ1v) is 13.5. The minimum atomic E-state index is -0.433. The van der Waals surface area contributed by atoms with Gasteiger partial charge in [-0.1, -0.05) is 50.5 Å². The van der Waals surface area contributed by atoms with Crippen molar-refractivity contribution < 1.29 is 23.8 Å². The van der Waals surface area contributed by atoms with E-state index in [0.717, 1.165) is 38.2 Å². The van der Waals surface area contributed by atoms with E-state index in [-0.39, 0.29) is 36.2 Å². The van der Waals surface area contributed by atoms with E-state index in [4.69, 9.17) is 14.2 Å². The van der Waals surface area contributed by atoms with E-state index in [1.54, 1.807) is 13.0 Å². The first-order chi connectivity index (χ1) is 16.7. The molecule has 0 aromatic carbocycles. The van der Waals surface area contributed by atoms with Crippen LogP contribution in [0.1, 0.15) is 86.5 Å². The van der Waals surface area contributed by atoms with Crippen molar-refractivity contribution in [2.45, 2.75) is 117 Å². The Morgan fingerprint density at radius 1 is 1.14 bits per heavy atom. The number of amides is 1. The van der Waals surface area contributed by atoms with Crippen LogP contribution in [0.4, 0.5) is 0 Å². The van der Waals surface area contributed by atoms with Crippen LogP contribution in [0.3, 0.4) is 0 Å². The smallest absolute Gasteiger partial charge is 0.303 e. The van der Waals surface area contributed by atoms with Crippen LogP contribution in [0.15, 0.2) is 36.0 Å². The van der Waals surface area contributed by atoms with E-state index in [9.17, 15) is 9.59 Å². The monoisotopic (exact) mass is 489 g/mol. The molecule has 0 aromatic rings. The number of rotatable bonds is 10. The number of hydrogen-bond donors (Lipinski definition) is 1. The highest BCUT2D eigenvalue weighted by atomic mass is 16.5. The van der Waals surface area contributed by atoms with Crippen LogP contribution in [0.25, 0.3) is 0 Å². The van der Waals surface area contributed by atoms with Gasteiger partial charge < -0.3 is 19.5 Å². The summed E-state index contributed by atoms with van der Waals surface area (Å²) in [4.78, 5) is 23.4. The summed E-state index contributed by atoms with van der Waals surface area (Å²) in [5, 5.41) is 3.06. The summed E-state index contributed by atoms with van der Waals surface area (Å²) < 4.78 is 17.4. The summed E-state index contributed by atoms with van der Waals surface area (Å²) in [6.45, 7) is 12.6. The molecule has 6 heteroatoms. The molecule has 0 saturated carbocycles. The second kappa shape index (κ2) is 15.2. The van der Waals surface area contributed by atoms with E-state index in [1.165, 1.54) is 37.8 Å². The lowest BCUT2D eigenvalue weighted by molar-refractivity contribution is -0.143. The quantitative estimate of drug-likeness (QED) is 0.243. The molecule has 2 aliphatic heterocycles. The average Bonchev–Trinajstić information content (AvgIpc) is 2.93. The lowest BCUT2D eigenvalue weighted by Crippen LogP contribution is -2.42. The molecule has 7 unspecified atom stereocenters. The van der Waals surface area contributed by atoms with E-state index >= 15 is 0 Å². The van der Waals surface area contributed by atoms with Crippen LogP contribution in [-0.4, -0.2) is 48.9 Å². The number of esters is 1. The predicted octanol–water partition coefficient (Wildman–Crippen LogP) is 5.67. The first-order valence-electron chi connectivity index (χ1n) is 13.5. The topological polar surface area (TPSA) is 73.9 Å². The van der Waals surface area contributed by atoms with Gasteiger partial charge in [0.2, 0.25) is 5.91 Å². The van der Waals surface area contributed by atoms with Crippen molar-refractivity contribution in [3.8, 4) is 0 Å². The predicted molar refractivity (Wildman–Crippen MR) is 140 cm³/mol. The highest BCUT2D eigenvalue weighted by molar-refractivity contribution is 5.87. The minimum absolute atomic E-state index is 0.0480. The Kier molecular flexibility index (Phi) is 12.8. The SMILES string of the molecule is CCCC1CCOC(/C=C/C(C)=C/CC2OC(C)C(NC(=O)/C=C\C(C)OC(C)=O)CCC2C)C1. The van der Waals surface area contributed by atoms with Crippen molar-refractivity contribution in [3.63, 3.8) is 0 Å². The zero-order chi connectivity index (χ0) is 25.8. The van der Waals surface area contributed by atoms with Crippen molar-refractivity contribution in [2.24, 2.45) is 11.8 Å². The summed E-state index contributed by atoms with van der Waals surface area (Å²) in [5.41, 5.74) is 1.23. The maximum Gasteiger partial charge on any atom is 0.303 e. The van der Waals surface area contributed by atoms with Gasteiger partial charge in [0.05, 0.1) is 24.4 Å². The molecule has 0 spiro atoms. The summed E-state index contributed by atoms with van der Waals surface area (Å²) in [5.74, 6) is 0.637. The number of carbonyl (C=O) groups is 2. The fraction of sp³-hybridized carbons (Fsp3) is 0.724. The second-order valence-electron chi connectivity index (χ2n) is 10.4. The Labute approximate surface area is 212 Å². The number of allylic oxidation sites excluding steroid dienone is 2. The zero-order valence-electron chi connectivity index (χ0n) is 22.6. The van der Waals surface area contributed by atoms with Crippen molar-refractivity contribution >= 4 is 11.9 Å². The maximum absolute atomic E-state index is 12.4. The summed E-state index contributed by atoms with van der Waals surface area (Å²) in [7, 11) is 0. The van der Waals surface area contributed by atoms with Crippen LogP contribution in [0, 0.1) is 11.8 Å². The van der Waals surface area contributed by atoms with Gasteiger partial charge in [0.15, 0.2) is 0 Å². The highest BCUT2D eigenvalue weighted by Crippen LogP contribution is 2.28. The molecule has 35 heavy (non-hydrogen) atoms. The zero-order valence-corrected chi connectivity index (χ0v) is 22.6. The highest BCUT2D eigenvalue weighted by Gasteiger charge is 2.30. The molecule has 2 saturated heterocycles. The van der Waals surface area contributed by atoms with Crippen molar-refractivity contribution in [1.29, 1.82) is 0 Å². The number of ether oxygens (including phenoxy) is 3. The van der Waals surface area contributed by atoms with Gasteiger partial charge in [-0.05, 0) is 70.8 Å². The molecule has 2 heterocycles. The number of hydrogen-bond acceptors (Lipinski definition) is 5. The summed E-state index contributed by atoms with van der Waals surface area (Å²) >= 11 is 0. The molecule has 0 bridgehead atoms. The molecular weight excluding hydrogens is 442 g/mol. The van der Waals surface area contributed by atoms with E-state index in [2.05, 4.69) is 44.3 Å². The third-order valence-corrected chi connectivity index (χ3v) is 7.09. The molecule has 0 aliphatic carbocycles. The van der Waals surface area contributed by atoms with Gasteiger partial charge >= 0.3 is 5.97 Å². The molecule has 6 nitrogen and oxygen atoms in total. The fourth-order valence-corrected chi connectivity index (χ4v) is 4.93. The van der Waals surface area contributed by atoms with Crippen LogP contribution >= 0.6 is 0 Å². The van der Waals surface area contributed by atoms with Crippen LogP contribution in [0.2, 0.25) is 0 Å². The Bertz CT molecular complexity index is 756. The van der Waals surface area contributed by atoms with Gasteiger partial charge in [-0.15, -0.1) is 0 Å². The van der Waals surface area contributed by atoms with Crippen LogP contribution in [-0.2, 0) is 23.8 Å². The second-order valence-corrected chi connectivity index (χ2v) is 10.4. The molecule has 2 aliphatic rings. The van der Waals surface area contributed by atoms with Crippen molar-refractivity contribution in [3.05, 3.63) is 36.0 Å². The fourth-order valence-electron chi connectivity index (χ4n) is 4.93. The van der Waals surface area contributed by atoms with Gasteiger partial charge in [0.1, 0.15) is 6.10 Å². The Morgan fingerprint density at radius 3 is 2.63 bits per heavy atom. The van der Waals surface area contributed by atoms with Crippen LogP contribution < -0.4 is 5.32 Å². The molecule has 1 N–H and O–H groups in total. The van der Waals surface area contributed by atoms with E-state index in [1.807, 2.05) is 6.92 Å². The normalized spacial score (nSPS) is 31.3. The van der Waals surface area contributed by atoms with Crippen LogP contribution in [0.5, 0.6) is 0 Å². The molecule has 2 rings (SSSR count). The van der Waals surface area contributed by atoms with Gasteiger partial charge in [0.25, 0.3) is 0 Å². The molecular formula is C29H47NO5. The largest absolute Gasteiger partial charge is 0.459 e. The Hall–Kier alpha value is -1.92. The molecule has 7 atom stereocenters. The summed E-state index contributed by atoms with van der Waals surface area (Å²) in [6.07, 6.45) is 17.1. The van der Waals surface area contributed by atoms with Gasteiger partial charge in [-0.25, -0.2) is 0 Å². The van der Waals surface area contributed by atoms with E-state index in [0.29, 0.717) is 5.92 Å². The lowest BCUT2D eigenvalue weighted by atomic mass is 9.91. The summed E-state index contributed by atoms with van der Waals surface area (Å²) in [6, 6.07) is -0.0480. The molecule has 0 radical (unpaired) electrons. The lowest BCUT2D eigenvalue weighted by Gasteiger charge is -2.27. The number of carbonyl (C=O) groups excluding carboxylic acids is 2. The molecule has 2 fully saturated rings. The molecule has 198 valence electrons. The number of nitrogens with one attached hydrogen (secondary N) is 1. The minimum Gasteiger partial charge on any atom is -0.459 e. The van der Waals surface area contributed by atoms with Gasteiger partial charge in [0, 0.05) is 19.6 Å². The van der Waals surface area contributed by atoms with Crippen molar-refractivity contribution in [2.75, 3.05) is 6.61 Å². The Morgan fingerprint density at radius 2 is 1.91 bits per heavy atom. The first kappa shape index (κ1) is 29.3. The standard InChI is InChI=1S/C29H47NO5/c1-7-8-25-17-18-33-26(19-25)13-9-20(2)10-15-28-21(3)11-14-27(23(5)35-28)30-29(32)16-12-22(4)34-24(6)31/h9-10,12-13,16,21-23,25-28H,7-8,11,14-15,17-19H2,1-6H3,(H,30,32)/b13-9+,16-12-,20-10+. The van der Waals surface area contributed by atoms with Crippen molar-refractivity contribution in [1.82, 2.24) is 5.32 Å². The average molecular weight is 490 g/mol. The Balaban J connectivity index is 1.85. The van der Waals surface area contributed by atoms with Gasteiger partial charge in [-0.3, -0.25) is 9.59 Å².